The van der Waals surface area contributed by atoms with Crippen molar-refractivity contribution in [3.63, 3.8) is 0 Å². The summed E-state index contributed by atoms with van der Waals surface area (Å²) in [6, 6.07) is 17.8. The molecule has 0 spiro atoms. The number of carbonyl (C=O) groups is 2. The van der Waals surface area contributed by atoms with E-state index in [4.69, 9.17) is 23.2 Å². The number of hydrogen-bond donors (Lipinski definition) is 1. The molecule has 3 aromatic rings. The van der Waals surface area contributed by atoms with Crippen LogP contribution in [0.3, 0.4) is 0 Å². The smallest absolute Gasteiger partial charge is 0.304 e. The van der Waals surface area contributed by atoms with Gasteiger partial charge in [0.15, 0.2) is 0 Å². The van der Waals surface area contributed by atoms with Crippen LogP contribution in [0.2, 0.25) is 10.0 Å². The molecule has 1 atom stereocenters. The third kappa shape index (κ3) is 8.65. The van der Waals surface area contributed by atoms with Crippen molar-refractivity contribution in [3.05, 3.63) is 99.8 Å². The van der Waals surface area contributed by atoms with E-state index in [-0.39, 0.29) is 18.7 Å². The Morgan fingerprint density at radius 1 is 0.976 bits per heavy atom. The summed E-state index contributed by atoms with van der Waals surface area (Å²) in [7, 11) is -1.52. The lowest BCUT2D eigenvalue weighted by atomic mass is 10.0. The molecule has 0 aliphatic rings. The third-order valence-corrected chi connectivity index (χ3v) is 8.72. The van der Waals surface area contributed by atoms with Gasteiger partial charge < -0.3 is 10.2 Å². The van der Waals surface area contributed by atoms with Crippen LogP contribution in [0, 0.1) is 5.82 Å². The van der Waals surface area contributed by atoms with Crippen LogP contribution in [0.4, 0.5) is 10.1 Å². The van der Waals surface area contributed by atoms with E-state index in [0.29, 0.717) is 28.6 Å². The molecule has 0 aromatic heterocycles. The van der Waals surface area contributed by atoms with Gasteiger partial charge in [-0.25, -0.2) is 8.70 Å². The number of nitrogens with zero attached hydrogens (tertiary/aromatic N) is 3. The SMILES string of the molecule is CCCNC(=O)[C@H](Cc1ccccc1)N(Cc1ccc(Cl)cc1Cl)C(=O)CN(c1ccc(F)cc1)S(=O)(=O)N(C)C. The van der Waals surface area contributed by atoms with E-state index in [9.17, 15) is 22.4 Å². The second kappa shape index (κ2) is 14.6. The molecular formula is C29H33Cl2FN4O4S. The summed E-state index contributed by atoms with van der Waals surface area (Å²) in [5.74, 6) is -1.60. The molecule has 0 aliphatic carbocycles. The van der Waals surface area contributed by atoms with Crippen molar-refractivity contribution in [2.45, 2.75) is 32.4 Å². The van der Waals surface area contributed by atoms with Gasteiger partial charge in [-0.2, -0.15) is 12.7 Å². The Balaban J connectivity index is 2.10. The third-order valence-electron chi connectivity index (χ3n) is 6.31. The summed E-state index contributed by atoms with van der Waals surface area (Å²) >= 11 is 12.6. The van der Waals surface area contributed by atoms with Crippen LogP contribution in [0.5, 0.6) is 0 Å². The summed E-state index contributed by atoms with van der Waals surface area (Å²) in [6.07, 6.45) is 0.852. The number of amides is 2. The number of anilines is 1. The van der Waals surface area contributed by atoms with E-state index in [1.54, 1.807) is 12.1 Å². The lowest BCUT2D eigenvalue weighted by Crippen LogP contribution is -2.54. The van der Waals surface area contributed by atoms with E-state index in [0.717, 1.165) is 26.3 Å². The molecule has 0 saturated heterocycles. The lowest BCUT2D eigenvalue weighted by molar-refractivity contribution is -0.140. The summed E-state index contributed by atoms with van der Waals surface area (Å²) < 4.78 is 42.2. The van der Waals surface area contributed by atoms with Gasteiger partial charge in [0, 0.05) is 43.7 Å². The van der Waals surface area contributed by atoms with Crippen molar-refractivity contribution in [3.8, 4) is 0 Å². The number of nitrogens with one attached hydrogen (secondary N) is 1. The van der Waals surface area contributed by atoms with Crippen LogP contribution >= 0.6 is 23.2 Å². The van der Waals surface area contributed by atoms with Gasteiger partial charge in [0.1, 0.15) is 18.4 Å². The quantitative estimate of drug-likeness (QED) is 0.293. The first kappa shape index (κ1) is 32.3. The van der Waals surface area contributed by atoms with Crippen molar-refractivity contribution in [1.29, 1.82) is 0 Å². The molecule has 0 fully saturated rings. The number of rotatable bonds is 13. The number of carbonyl (C=O) groups excluding carboxylic acids is 2. The molecule has 41 heavy (non-hydrogen) atoms. The molecule has 2 amide bonds. The van der Waals surface area contributed by atoms with Crippen LogP contribution in [-0.4, -0.2) is 62.7 Å². The van der Waals surface area contributed by atoms with Crippen LogP contribution < -0.4 is 9.62 Å². The number of halogens is 3. The van der Waals surface area contributed by atoms with Crippen molar-refractivity contribution >= 4 is 50.9 Å². The highest BCUT2D eigenvalue weighted by Crippen LogP contribution is 2.26. The van der Waals surface area contributed by atoms with Crippen molar-refractivity contribution in [1.82, 2.24) is 14.5 Å². The Morgan fingerprint density at radius 2 is 1.63 bits per heavy atom. The maximum absolute atomic E-state index is 14.1. The number of benzene rings is 3. The van der Waals surface area contributed by atoms with Crippen LogP contribution in [-0.2, 0) is 32.8 Å². The minimum atomic E-state index is -4.19. The molecule has 220 valence electrons. The molecule has 12 heteroatoms. The Bertz CT molecular complexity index is 1440. The molecular weight excluding hydrogens is 590 g/mol. The van der Waals surface area contributed by atoms with Gasteiger partial charge in [-0.15, -0.1) is 0 Å². The molecule has 0 saturated carbocycles. The fourth-order valence-corrected chi connectivity index (χ4v) is 5.60. The van der Waals surface area contributed by atoms with Crippen molar-refractivity contribution in [2.75, 3.05) is 31.5 Å². The maximum atomic E-state index is 14.1. The van der Waals surface area contributed by atoms with Gasteiger partial charge >= 0.3 is 10.2 Å². The summed E-state index contributed by atoms with van der Waals surface area (Å²) in [5, 5.41) is 3.56. The zero-order valence-electron chi connectivity index (χ0n) is 23.1. The van der Waals surface area contributed by atoms with E-state index < -0.39 is 40.4 Å². The second-order valence-electron chi connectivity index (χ2n) is 9.53. The van der Waals surface area contributed by atoms with Gasteiger partial charge in [-0.1, -0.05) is 66.5 Å². The number of hydrogen-bond acceptors (Lipinski definition) is 4. The maximum Gasteiger partial charge on any atom is 0.304 e. The molecule has 8 nitrogen and oxygen atoms in total. The molecule has 1 N–H and O–H groups in total. The molecule has 0 bridgehead atoms. The first-order valence-electron chi connectivity index (χ1n) is 12.9. The van der Waals surface area contributed by atoms with E-state index in [1.807, 2.05) is 37.3 Å². The van der Waals surface area contributed by atoms with Crippen LogP contribution in [0.25, 0.3) is 0 Å². The first-order valence-corrected chi connectivity index (χ1v) is 15.1. The van der Waals surface area contributed by atoms with Gasteiger partial charge in [0.05, 0.1) is 5.69 Å². The van der Waals surface area contributed by atoms with Crippen molar-refractivity contribution in [2.24, 2.45) is 0 Å². The predicted molar refractivity (Wildman–Crippen MR) is 161 cm³/mol. The van der Waals surface area contributed by atoms with E-state index in [1.165, 1.54) is 37.2 Å². The Hall–Kier alpha value is -3.18. The highest BCUT2D eigenvalue weighted by Gasteiger charge is 2.35. The molecule has 0 heterocycles. The highest BCUT2D eigenvalue weighted by atomic mass is 35.5. The predicted octanol–water partition coefficient (Wildman–Crippen LogP) is 4.91. The molecule has 3 aromatic carbocycles. The molecule has 3 rings (SSSR count). The highest BCUT2D eigenvalue weighted by molar-refractivity contribution is 7.90. The average molecular weight is 624 g/mol. The Labute approximate surface area is 250 Å². The molecule has 0 aliphatic heterocycles. The van der Waals surface area contributed by atoms with Crippen LogP contribution in [0.1, 0.15) is 24.5 Å². The minimum Gasteiger partial charge on any atom is -0.354 e. The summed E-state index contributed by atoms with van der Waals surface area (Å²) in [4.78, 5) is 29.0. The first-order chi connectivity index (χ1) is 19.4. The summed E-state index contributed by atoms with van der Waals surface area (Å²) in [6.45, 7) is 1.56. The van der Waals surface area contributed by atoms with Gasteiger partial charge in [0.25, 0.3) is 0 Å². The molecule has 0 unspecified atom stereocenters. The largest absolute Gasteiger partial charge is 0.354 e. The summed E-state index contributed by atoms with van der Waals surface area (Å²) in [5.41, 5.74) is 1.42. The fraction of sp³-hybridized carbons (Fsp3) is 0.310. The Kier molecular flexibility index (Phi) is 11.5. The monoisotopic (exact) mass is 622 g/mol. The average Bonchev–Trinajstić information content (AvgIpc) is 2.94. The van der Waals surface area contributed by atoms with Crippen LogP contribution in [0.15, 0.2) is 72.8 Å². The van der Waals surface area contributed by atoms with Crippen molar-refractivity contribution < 1.29 is 22.4 Å². The Morgan fingerprint density at radius 3 is 2.22 bits per heavy atom. The van der Waals surface area contributed by atoms with Gasteiger partial charge in [0.2, 0.25) is 11.8 Å². The standard InChI is InChI=1S/C29H33Cl2FN4O4S/c1-4-16-33-29(38)27(17-21-8-6-5-7-9-21)35(19-22-10-11-23(30)18-26(22)31)28(37)20-36(41(39,40)34(2)3)25-14-12-24(32)13-15-25/h5-15,18,27H,4,16-17,19-20H2,1-3H3,(H,33,38)/t27-/m0/s1. The zero-order chi connectivity index (χ0) is 30.2. The van der Waals surface area contributed by atoms with E-state index in [2.05, 4.69) is 5.32 Å². The fourth-order valence-electron chi connectivity index (χ4n) is 4.08. The topological polar surface area (TPSA) is 90.0 Å². The normalized spacial score (nSPS) is 12.2. The van der Waals surface area contributed by atoms with E-state index >= 15 is 0 Å². The second-order valence-corrected chi connectivity index (χ2v) is 12.4. The van der Waals surface area contributed by atoms with Gasteiger partial charge in [-0.3, -0.25) is 9.59 Å². The minimum absolute atomic E-state index is 0.0907. The van der Waals surface area contributed by atoms with Gasteiger partial charge in [-0.05, 0) is 53.9 Å². The molecule has 0 radical (unpaired) electrons. The zero-order valence-corrected chi connectivity index (χ0v) is 25.4. The lowest BCUT2D eigenvalue weighted by Gasteiger charge is -2.34.